The summed E-state index contributed by atoms with van der Waals surface area (Å²) < 4.78 is 10.8. The minimum absolute atomic E-state index is 0.0397. The fourth-order valence-corrected chi connectivity index (χ4v) is 4.05. The van der Waals surface area contributed by atoms with Crippen molar-refractivity contribution in [2.24, 2.45) is 5.92 Å². The standard InChI is InChI=1S/C18H23N3O4S/c1-4-24-18(23)15-12(3)14-16(19-10-20-17(14)26-15)25-9-13(22)21-7-5-11(2)6-8-21/h10-11H,4-9H2,1-3H3. The van der Waals surface area contributed by atoms with Gasteiger partial charge in [0.15, 0.2) is 6.61 Å². The van der Waals surface area contributed by atoms with Gasteiger partial charge in [0.25, 0.3) is 5.91 Å². The lowest BCUT2D eigenvalue weighted by Crippen LogP contribution is -2.40. The van der Waals surface area contributed by atoms with E-state index in [0.717, 1.165) is 31.5 Å². The summed E-state index contributed by atoms with van der Waals surface area (Å²) in [6.45, 7) is 7.57. The van der Waals surface area contributed by atoms with Gasteiger partial charge in [-0.15, -0.1) is 11.3 Å². The van der Waals surface area contributed by atoms with E-state index in [0.29, 0.717) is 33.5 Å². The number of carbonyl (C=O) groups excluding carboxylic acids is 2. The maximum absolute atomic E-state index is 12.4. The number of nitrogens with zero attached hydrogens (tertiary/aromatic N) is 3. The summed E-state index contributed by atoms with van der Waals surface area (Å²) in [5.41, 5.74) is 0.721. The molecule has 0 atom stereocenters. The maximum atomic E-state index is 12.4. The third-order valence-electron chi connectivity index (χ3n) is 4.62. The highest BCUT2D eigenvalue weighted by Gasteiger charge is 2.23. The van der Waals surface area contributed by atoms with Crippen LogP contribution in [0.25, 0.3) is 10.2 Å². The van der Waals surface area contributed by atoms with E-state index in [4.69, 9.17) is 9.47 Å². The molecule has 0 N–H and O–H groups in total. The number of piperidine rings is 1. The van der Waals surface area contributed by atoms with Crippen molar-refractivity contribution in [3.8, 4) is 5.88 Å². The molecule has 1 aliphatic rings. The topological polar surface area (TPSA) is 81.6 Å². The van der Waals surface area contributed by atoms with Crippen molar-refractivity contribution in [1.82, 2.24) is 14.9 Å². The first kappa shape index (κ1) is 18.6. The normalized spacial score (nSPS) is 15.3. The predicted molar refractivity (Wildman–Crippen MR) is 98.6 cm³/mol. The summed E-state index contributed by atoms with van der Waals surface area (Å²) in [6.07, 6.45) is 3.43. The van der Waals surface area contributed by atoms with Gasteiger partial charge in [-0.25, -0.2) is 14.8 Å². The van der Waals surface area contributed by atoms with Crippen LogP contribution in [-0.2, 0) is 9.53 Å². The lowest BCUT2D eigenvalue weighted by molar-refractivity contribution is -0.134. The first-order valence-electron chi connectivity index (χ1n) is 8.83. The molecule has 3 rings (SSSR count). The molecule has 3 heterocycles. The van der Waals surface area contributed by atoms with E-state index in [9.17, 15) is 9.59 Å². The fourth-order valence-electron chi connectivity index (χ4n) is 3.02. The van der Waals surface area contributed by atoms with E-state index in [1.165, 1.54) is 17.7 Å². The van der Waals surface area contributed by atoms with Gasteiger partial charge in [0.05, 0.1) is 12.0 Å². The number of amides is 1. The third-order valence-corrected chi connectivity index (χ3v) is 5.80. The van der Waals surface area contributed by atoms with E-state index in [-0.39, 0.29) is 18.5 Å². The van der Waals surface area contributed by atoms with E-state index in [1.54, 1.807) is 6.92 Å². The highest BCUT2D eigenvalue weighted by Crippen LogP contribution is 2.34. The van der Waals surface area contributed by atoms with E-state index in [2.05, 4.69) is 16.9 Å². The molecule has 1 aliphatic heterocycles. The van der Waals surface area contributed by atoms with Gasteiger partial charge in [-0.3, -0.25) is 4.79 Å². The van der Waals surface area contributed by atoms with E-state index >= 15 is 0 Å². The molecule has 0 aromatic carbocycles. The third kappa shape index (κ3) is 3.80. The van der Waals surface area contributed by atoms with Crippen LogP contribution < -0.4 is 4.74 Å². The number of hydrogen-bond acceptors (Lipinski definition) is 7. The second kappa shape index (κ2) is 7.99. The Morgan fingerprint density at radius 2 is 2.04 bits per heavy atom. The first-order chi connectivity index (χ1) is 12.5. The lowest BCUT2D eigenvalue weighted by atomic mass is 9.99. The number of thiophene rings is 1. The number of likely N-dealkylation sites (tertiary alicyclic amines) is 1. The van der Waals surface area contributed by atoms with Crippen molar-refractivity contribution < 1.29 is 19.1 Å². The zero-order valence-electron chi connectivity index (χ0n) is 15.3. The van der Waals surface area contributed by atoms with Gasteiger partial charge in [-0.2, -0.15) is 0 Å². The monoisotopic (exact) mass is 377 g/mol. The molecule has 0 saturated carbocycles. The number of aromatic nitrogens is 2. The smallest absolute Gasteiger partial charge is 0.348 e. The number of fused-ring (bicyclic) bond motifs is 1. The number of carbonyl (C=O) groups is 2. The van der Waals surface area contributed by atoms with Crippen molar-refractivity contribution in [3.05, 3.63) is 16.8 Å². The Hall–Kier alpha value is -2.22. The minimum Gasteiger partial charge on any atom is -0.467 e. The number of ether oxygens (including phenoxy) is 2. The van der Waals surface area contributed by atoms with E-state index < -0.39 is 0 Å². The average Bonchev–Trinajstić information content (AvgIpc) is 2.98. The van der Waals surface area contributed by atoms with Crippen LogP contribution in [0.15, 0.2) is 6.33 Å². The highest BCUT2D eigenvalue weighted by molar-refractivity contribution is 7.20. The molecule has 0 aliphatic carbocycles. The van der Waals surface area contributed by atoms with Gasteiger partial charge in [0, 0.05) is 13.1 Å². The van der Waals surface area contributed by atoms with Crippen LogP contribution in [0.2, 0.25) is 0 Å². The van der Waals surface area contributed by atoms with Crippen LogP contribution in [0.5, 0.6) is 5.88 Å². The van der Waals surface area contributed by atoms with Crippen molar-refractivity contribution in [2.45, 2.75) is 33.6 Å². The van der Waals surface area contributed by atoms with Gasteiger partial charge in [-0.1, -0.05) is 6.92 Å². The molecule has 26 heavy (non-hydrogen) atoms. The minimum atomic E-state index is -0.377. The summed E-state index contributed by atoms with van der Waals surface area (Å²) in [6, 6.07) is 0. The molecule has 7 nitrogen and oxygen atoms in total. The molecule has 8 heteroatoms. The molecule has 140 valence electrons. The predicted octanol–water partition coefficient (Wildman–Crippen LogP) is 2.81. The van der Waals surface area contributed by atoms with Crippen molar-refractivity contribution in [1.29, 1.82) is 0 Å². The molecule has 0 spiro atoms. The van der Waals surface area contributed by atoms with Gasteiger partial charge in [0.2, 0.25) is 5.88 Å². The van der Waals surface area contributed by atoms with Gasteiger partial charge >= 0.3 is 5.97 Å². The zero-order chi connectivity index (χ0) is 18.7. The second-order valence-corrected chi connectivity index (χ2v) is 7.49. The summed E-state index contributed by atoms with van der Waals surface area (Å²) >= 11 is 1.25. The van der Waals surface area contributed by atoms with Gasteiger partial charge in [-0.05, 0) is 38.2 Å². The summed E-state index contributed by atoms with van der Waals surface area (Å²) in [4.78, 5) is 35.8. The van der Waals surface area contributed by atoms with Crippen molar-refractivity contribution in [3.63, 3.8) is 0 Å². The molecule has 0 unspecified atom stereocenters. The fraction of sp³-hybridized carbons (Fsp3) is 0.556. The Labute approximate surface area is 156 Å². The molecule has 1 amide bonds. The summed E-state index contributed by atoms with van der Waals surface area (Å²) in [5.74, 6) is 0.578. The van der Waals surface area contributed by atoms with Crippen molar-refractivity contribution >= 4 is 33.4 Å². The number of esters is 1. The first-order valence-corrected chi connectivity index (χ1v) is 9.64. The van der Waals surface area contributed by atoms with Crippen LogP contribution in [-0.4, -0.2) is 53.0 Å². The average molecular weight is 377 g/mol. The largest absolute Gasteiger partial charge is 0.467 e. The lowest BCUT2D eigenvalue weighted by Gasteiger charge is -2.30. The Morgan fingerprint density at radius 1 is 1.31 bits per heavy atom. The quantitative estimate of drug-likeness (QED) is 0.745. The summed E-state index contributed by atoms with van der Waals surface area (Å²) in [5, 5.41) is 0.667. The van der Waals surface area contributed by atoms with Crippen LogP contribution in [0.3, 0.4) is 0 Å². The van der Waals surface area contributed by atoms with Crippen molar-refractivity contribution in [2.75, 3.05) is 26.3 Å². The Morgan fingerprint density at radius 3 is 2.73 bits per heavy atom. The maximum Gasteiger partial charge on any atom is 0.348 e. The molecule has 2 aromatic heterocycles. The SMILES string of the molecule is CCOC(=O)c1sc2ncnc(OCC(=O)N3CCC(C)CC3)c2c1C. The van der Waals surface area contributed by atoms with Gasteiger partial charge in [0.1, 0.15) is 16.0 Å². The molecular formula is C18H23N3O4S. The molecule has 0 radical (unpaired) electrons. The van der Waals surface area contributed by atoms with E-state index in [1.807, 2.05) is 11.8 Å². The van der Waals surface area contributed by atoms with Crippen LogP contribution in [0, 0.1) is 12.8 Å². The number of aryl methyl sites for hydroxylation is 1. The number of hydrogen-bond donors (Lipinski definition) is 0. The Balaban J connectivity index is 1.75. The van der Waals surface area contributed by atoms with Crippen LogP contribution in [0.4, 0.5) is 0 Å². The Bertz CT molecular complexity index is 812. The van der Waals surface area contributed by atoms with Gasteiger partial charge < -0.3 is 14.4 Å². The molecule has 1 saturated heterocycles. The number of rotatable bonds is 5. The van der Waals surface area contributed by atoms with Crippen LogP contribution in [0.1, 0.15) is 41.9 Å². The zero-order valence-corrected chi connectivity index (χ0v) is 16.1. The highest BCUT2D eigenvalue weighted by atomic mass is 32.1. The molecule has 0 bridgehead atoms. The van der Waals surface area contributed by atoms with Crippen LogP contribution >= 0.6 is 11.3 Å². The molecule has 2 aromatic rings. The molecular weight excluding hydrogens is 354 g/mol. The Kier molecular flexibility index (Phi) is 5.70. The summed E-state index contributed by atoms with van der Waals surface area (Å²) in [7, 11) is 0. The second-order valence-electron chi connectivity index (χ2n) is 6.49. The molecule has 1 fully saturated rings.